The number of pyridine rings is 1. The molecule has 4 aromatic rings. The van der Waals surface area contributed by atoms with Crippen molar-refractivity contribution in [3.63, 3.8) is 0 Å². The SMILES string of the molecule is O=C(NCCSCc1ccccc1)c1ccc(N2C[C@H]3C[C@@H](C2)c2cccc(=O)n2C3)c(NC(=O)c2cccs2)c1. The molecule has 2 aromatic carbocycles. The maximum Gasteiger partial charge on any atom is 0.265 e. The maximum atomic E-state index is 13.1. The molecule has 2 bridgehead atoms. The van der Waals surface area contributed by atoms with Crippen LogP contribution in [0.2, 0.25) is 0 Å². The summed E-state index contributed by atoms with van der Waals surface area (Å²) in [6.07, 6.45) is 1.04. The molecule has 210 valence electrons. The van der Waals surface area contributed by atoms with Gasteiger partial charge in [-0.2, -0.15) is 11.8 Å². The maximum absolute atomic E-state index is 13.1. The van der Waals surface area contributed by atoms with Gasteiger partial charge in [0.25, 0.3) is 17.4 Å². The van der Waals surface area contributed by atoms with E-state index in [4.69, 9.17) is 0 Å². The van der Waals surface area contributed by atoms with Gasteiger partial charge in [0.1, 0.15) is 0 Å². The number of hydrogen-bond acceptors (Lipinski definition) is 6. The Morgan fingerprint density at radius 2 is 1.80 bits per heavy atom. The molecule has 1 saturated heterocycles. The van der Waals surface area contributed by atoms with Gasteiger partial charge in [-0.1, -0.05) is 42.5 Å². The number of anilines is 2. The van der Waals surface area contributed by atoms with E-state index >= 15 is 0 Å². The molecule has 41 heavy (non-hydrogen) atoms. The van der Waals surface area contributed by atoms with Gasteiger partial charge < -0.3 is 20.1 Å². The van der Waals surface area contributed by atoms with Gasteiger partial charge in [-0.3, -0.25) is 14.4 Å². The third-order valence-electron chi connectivity index (χ3n) is 7.72. The molecule has 4 heterocycles. The van der Waals surface area contributed by atoms with Crippen LogP contribution in [0.4, 0.5) is 11.4 Å². The number of fused-ring (bicyclic) bond motifs is 4. The van der Waals surface area contributed by atoms with Crippen molar-refractivity contribution in [2.75, 3.05) is 35.6 Å². The molecule has 0 saturated carbocycles. The van der Waals surface area contributed by atoms with Gasteiger partial charge in [-0.25, -0.2) is 0 Å². The third kappa shape index (κ3) is 6.26. The molecule has 2 N–H and O–H groups in total. The van der Waals surface area contributed by atoms with Gasteiger partial charge in [0.2, 0.25) is 0 Å². The number of aromatic nitrogens is 1. The molecule has 2 aromatic heterocycles. The van der Waals surface area contributed by atoms with E-state index in [1.807, 2.05) is 52.4 Å². The van der Waals surface area contributed by atoms with E-state index in [0.717, 1.165) is 42.4 Å². The lowest BCUT2D eigenvalue weighted by atomic mass is 9.83. The number of piperidine rings is 1. The van der Waals surface area contributed by atoms with E-state index < -0.39 is 0 Å². The molecule has 2 aliphatic heterocycles. The second kappa shape index (κ2) is 12.4. The molecule has 6 rings (SSSR count). The summed E-state index contributed by atoms with van der Waals surface area (Å²) < 4.78 is 1.92. The van der Waals surface area contributed by atoms with Crippen LogP contribution in [0, 0.1) is 5.92 Å². The highest BCUT2D eigenvalue weighted by atomic mass is 32.2. The summed E-state index contributed by atoms with van der Waals surface area (Å²) in [6.45, 7) is 2.78. The fourth-order valence-electron chi connectivity index (χ4n) is 5.84. The Morgan fingerprint density at radius 3 is 2.63 bits per heavy atom. The molecule has 2 amide bonds. The normalized spacial score (nSPS) is 17.5. The van der Waals surface area contributed by atoms with Crippen LogP contribution >= 0.6 is 23.1 Å². The van der Waals surface area contributed by atoms with Crippen molar-refractivity contribution < 1.29 is 9.59 Å². The summed E-state index contributed by atoms with van der Waals surface area (Å²) in [5.41, 5.74) is 4.43. The molecule has 0 spiro atoms. The van der Waals surface area contributed by atoms with Crippen molar-refractivity contribution in [2.24, 2.45) is 5.92 Å². The fraction of sp³-hybridized carbons (Fsp3) is 0.281. The van der Waals surface area contributed by atoms with E-state index in [0.29, 0.717) is 35.1 Å². The minimum Gasteiger partial charge on any atom is -0.369 e. The topological polar surface area (TPSA) is 83.4 Å². The average Bonchev–Trinajstić information content (AvgIpc) is 3.53. The first-order chi connectivity index (χ1) is 20.0. The molecule has 2 aliphatic rings. The quantitative estimate of drug-likeness (QED) is 0.256. The zero-order valence-electron chi connectivity index (χ0n) is 22.6. The van der Waals surface area contributed by atoms with Gasteiger partial charge in [0.15, 0.2) is 0 Å². The van der Waals surface area contributed by atoms with Crippen LogP contribution in [0.5, 0.6) is 0 Å². The van der Waals surface area contributed by atoms with Crippen LogP contribution in [-0.2, 0) is 12.3 Å². The number of rotatable bonds is 9. The van der Waals surface area contributed by atoms with Crippen LogP contribution < -0.4 is 21.1 Å². The number of carbonyl (C=O) groups excluding carboxylic acids is 2. The van der Waals surface area contributed by atoms with Crippen LogP contribution in [0.1, 0.15) is 43.6 Å². The minimum atomic E-state index is -0.190. The number of nitrogens with one attached hydrogen (secondary N) is 2. The lowest BCUT2D eigenvalue weighted by Gasteiger charge is -2.44. The lowest BCUT2D eigenvalue weighted by Crippen LogP contribution is -2.47. The average molecular weight is 585 g/mol. The van der Waals surface area contributed by atoms with E-state index in [1.54, 1.807) is 30.0 Å². The van der Waals surface area contributed by atoms with E-state index in [2.05, 4.69) is 33.7 Å². The minimum absolute atomic E-state index is 0.0587. The zero-order chi connectivity index (χ0) is 28.2. The molecule has 0 aliphatic carbocycles. The summed E-state index contributed by atoms with van der Waals surface area (Å²) >= 11 is 3.16. The van der Waals surface area contributed by atoms with Crippen molar-refractivity contribution in [2.45, 2.75) is 24.6 Å². The number of thioether (sulfide) groups is 1. The summed E-state index contributed by atoms with van der Waals surface area (Å²) in [5, 5.41) is 7.98. The third-order valence-corrected chi connectivity index (χ3v) is 9.61. The van der Waals surface area contributed by atoms with Crippen LogP contribution in [0.25, 0.3) is 0 Å². The van der Waals surface area contributed by atoms with Crippen LogP contribution in [0.15, 0.2) is 89.0 Å². The number of amides is 2. The highest BCUT2D eigenvalue weighted by Crippen LogP contribution is 2.39. The standard InChI is InChI=1S/C32H32N4O3S2/c37-30-10-4-8-27-25-16-23(19-36(27)30)18-35(20-25)28-12-11-24(17-26(28)34-32(39)29-9-5-14-41-29)31(38)33-13-15-40-21-22-6-2-1-3-7-22/h1-12,14,17,23,25H,13,15-16,18-21H2,(H,33,38)(H,34,39)/t23-,25+/m1/s1. The Hall–Kier alpha value is -3.82. The van der Waals surface area contributed by atoms with Crippen LogP contribution in [-0.4, -0.2) is 41.8 Å². The first kappa shape index (κ1) is 27.4. The monoisotopic (exact) mass is 584 g/mol. The van der Waals surface area contributed by atoms with E-state index in [9.17, 15) is 14.4 Å². The predicted molar refractivity (Wildman–Crippen MR) is 167 cm³/mol. The number of thiophene rings is 1. The molecule has 7 nitrogen and oxygen atoms in total. The van der Waals surface area contributed by atoms with Gasteiger partial charge in [0.05, 0.1) is 16.3 Å². The molecule has 1 fully saturated rings. The second-order valence-electron chi connectivity index (χ2n) is 10.6. The first-order valence-corrected chi connectivity index (χ1v) is 15.9. The lowest BCUT2D eigenvalue weighted by molar-refractivity contribution is 0.0954. The molecular weight excluding hydrogens is 553 g/mol. The summed E-state index contributed by atoms with van der Waals surface area (Å²) in [4.78, 5) is 41.6. The number of benzene rings is 2. The van der Waals surface area contributed by atoms with Crippen molar-refractivity contribution in [3.8, 4) is 0 Å². The Balaban J connectivity index is 1.18. The Kier molecular flexibility index (Phi) is 8.25. The largest absolute Gasteiger partial charge is 0.369 e. The first-order valence-electron chi connectivity index (χ1n) is 13.9. The second-order valence-corrected chi connectivity index (χ2v) is 12.6. The molecule has 0 unspecified atom stereocenters. The van der Waals surface area contributed by atoms with Crippen molar-refractivity contribution in [3.05, 3.63) is 116 Å². The molecular formula is C32H32N4O3S2. The highest BCUT2D eigenvalue weighted by Gasteiger charge is 2.35. The predicted octanol–water partition coefficient (Wildman–Crippen LogP) is 5.45. The van der Waals surface area contributed by atoms with Crippen molar-refractivity contribution in [1.29, 1.82) is 0 Å². The Morgan fingerprint density at radius 1 is 0.927 bits per heavy atom. The van der Waals surface area contributed by atoms with Gasteiger partial charge in [-0.05, 0) is 53.6 Å². The van der Waals surface area contributed by atoms with Crippen LogP contribution in [0.3, 0.4) is 0 Å². The molecule has 0 radical (unpaired) electrons. The highest BCUT2D eigenvalue weighted by molar-refractivity contribution is 7.98. The zero-order valence-corrected chi connectivity index (χ0v) is 24.3. The fourth-order valence-corrected chi connectivity index (χ4v) is 7.28. The number of carbonyl (C=O) groups is 2. The van der Waals surface area contributed by atoms with Crippen molar-refractivity contribution >= 4 is 46.3 Å². The summed E-state index contributed by atoms with van der Waals surface area (Å²) in [6, 6.07) is 25.0. The van der Waals surface area contributed by atoms with Gasteiger partial charge >= 0.3 is 0 Å². The number of nitrogens with zero attached hydrogens (tertiary/aromatic N) is 2. The number of hydrogen-bond donors (Lipinski definition) is 2. The van der Waals surface area contributed by atoms with Crippen molar-refractivity contribution in [1.82, 2.24) is 9.88 Å². The Labute approximate surface area is 247 Å². The summed E-state index contributed by atoms with van der Waals surface area (Å²) in [7, 11) is 0. The Bertz CT molecular complexity index is 1590. The van der Waals surface area contributed by atoms with E-state index in [-0.39, 0.29) is 23.3 Å². The van der Waals surface area contributed by atoms with Gasteiger partial charge in [-0.15, -0.1) is 11.3 Å². The summed E-state index contributed by atoms with van der Waals surface area (Å²) in [5.74, 6) is 1.92. The molecule has 2 atom stereocenters. The smallest absolute Gasteiger partial charge is 0.265 e. The molecule has 9 heteroatoms. The van der Waals surface area contributed by atoms with E-state index in [1.165, 1.54) is 16.9 Å². The van der Waals surface area contributed by atoms with Gasteiger partial charge in [0, 0.05) is 60.9 Å².